The Morgan fingerprint density at radius 3 is 2.26 bits per heavy atom. The molecule has 1 aromatic carbocycles. The van der Waals surface area contributed by atoms with Gasteiger partial charge in [-0.05, 0) is 44.0 Å². The van der Waals surface area contributed by atoms with Crippen LogP contribution >= 0.6 is 0 Å². The zero-order valence-electron chi connectivity index (χ0n) is 11.1. The van der Waals surface area contributed by atoms with Gasteiger partial charge in [-0.1, -0.05) is 6.07 Å². The van der Waals surface area contributed by atoms with Crippen molar-refractivity contribution in [1.82, 2.24) is 4.98 Å². The van der Waals surface area contributed by atoms with E-state index in [1.54, 1.807) is 13.0 Å². The van der Waals surface area contributed by atoms with Crippen molar-refractivity contribution in [3.8, 4) is 5.88 Å². The molecule has 2 rings (SSSR count). The Bertz CT molecular complexity index is 578. The molecule has 0 N–H and O–H groups in total. The first kappa shape index (κ1) is 13.5. The highest BCUT2D eigenvalue weighted by Gasteiger charge is 2.11. The van der Waals surface area contributed by atoms with Crippen molar-refractivity contribution in [1.29, 1.82) is 0 Å². The second-order valence-electron chi connectivity index (χ2n) is 4.51. The van der Waals surface area contributed by atoms with Crippen LogP contribution in [0.2, 0.25) is 0 Å². The van der Waals surface area contributed by atoms with E-state index in [1.807, 2.05) is 19.9 Å². The number of pyridine rings is 1. The van der Waals surface area contributed by atoms with Gasteiger partial charge in [-0.15, -0.1) is 0 Å². The molecule has 0 saturated heterocycles. The van der Waals surface area contributed by atoms with E-state index in [2.05, 4.69) is 4.98 Å². The molecule has 0 radical (unpaired) electrons. The molecule has 2 nitrogen and oxygen atoms in total. The lowest BCUT2D eigenvalue weighted by molar-refractivity contribution is 0.216. The van der Waals surface area contributed by atoms with Crippen LogP contribution in [0.15, 0.2) is 30.3 Å². The summed E-state index contributed by atoms with van der Waals surface area (Å²) >= 11 is 0. The second kappa shape index (κ2) is 5.34. The first-order chi connectivity index (χ1) is 8.95. The fraction of sp³-hybridized carbons (Fsp3) is 0.267. The Morgan fingerprint density at radius 2 is 1.68 bits per heavy atom. The zero-order valence-corrected chi connectivity index (χ0v) is 11.1. The molecule has 19 heavy (non-hydrogen) atoms. The molecule has 1 aromatic heterocycles. The molecule has 0 fully saturated rings. The maximum Gasteiger partial charge on any atom is 0.214 e. The highest BCUT2D eigenvalue weighted by molar-refractivity contribution is 5.25. The zero-order chi connectivity index (χ0) is 14.0. The molecule has 1 atom stereocenters. The molecule has 0 bridgehead atoms. The minimum atomic E-state index is -0.613. The van der Waals surface area contributed by atoms with E-state index in [0.717, 1.165) is 17.3 Å². The van der Waals surface area contributed by atoms with Crippen molar-refractivity contribution in [2.24, 2.45) is 0 Å². The van der Waals surface area contributed by atoms with Crippen LogP contribution in [0.3, 0.4) is 0 Å². The van der Waals surface area contributed by atoms with Crippen LogP contribution in [-0.2, 0) is 0 Å². The lowest BCUT2D eigenvalue weighted by Crippen LogP contribution is -2.06. The predicted molar refractivity (Wildman–Crippen MR) is 69.1 cm³/mol. The average Bonchev–Trinajstić information content (AvgIpc) is 2.32. The molecule has 0 spiro atoms. The fourth-order valence-electron chi connectivity index (χ4n) is 1.73. The number of nitrogens with zero attached hydrogens (tertiary/aromatic N) is 1. The van der Waals surface area contributed by atoms with Gasteiger partial charge in [0.1, 0.15) is 17.7 Å². The van der Waals surface area contributed by atoms with Gasteiger partial charge >= 0.3 is 0 Å². The Morgan fingerprint density at radius 1 is 1.05 bits per heavy atom. The highest BCUT2D eigenvalue weighted by atomic mass is 19.1. The summed E-state index contributed by atoms with van der Waals surface area (Å²) in [5.74, 6) is -0.780. The summed E-state index contributed by atoms with van der Waals surface area (Å²) in [4.78, 5) is 4.27. The van der Waals surface area contributed by atoms with Crippen LogP contribution in [0.5, 0.6) is 5.88 Å². The van der Waals surface area contributed by atoms with Crippen molar-refractivity contribution in [3.05, 3.63) is 58.8 Å². The van der Waals surface area contributed by atoms with Crippen molar-refractivity contribution in [2.75, 3.05) is 0 Å². The standard InChI is InChI=1S/C15H15F2NO/c1-9-4-5-15(18-10(9)2)19-11(3)12-6-13(16)8-14(17)7-12/h4-8,11H,1-3H3. The van der Waals surface area contributed by atoms with Crippen LogP contribution in [0, 0.1) is 25.5 Å². The van der Waals surface area contributed by atoms with Crippen LogP contribution < -0.4 is 4.74 Å². The Hall–Kier alpha value is -1.97. The van der Waals surface area contributed by atoms with Crippen molar-refractivity contribution in [2.45, 2.75) is 26.9 Å². The van der Waals surface area contributed by atoms with Gasteiger partial charge in [0.2, 0.25) is 5.88 Å². The third kappa shape index (κ3) is 3.28. The van der Waals surface area contributed by atoms with Crippen molar-refractivity contribution >= 4 is 0 Å². The molecule has 4 heteroatoms. The molecule has 100 valence electrons. The van der Waals surface area contributed by atoms with Crippen LogP contribution in [-0.4, -0.2) is 4.98 Å². The summed E-state index contributed by atoms with van der Waals surface area (Å²) in [6.07, 6.45) is -0.472. The fourth-order valence-corrected chi connectivity index (χ4v) is 1.73. The maximum atomic E-state index is 13.1. The largest absolute Gasteiger partial charge is 0.470 e. The van der Waals surface area contributed by atoms with Crippen LogP contribution in [0.1, 0.15) is 29.8 Å². The third-order valence-electron chi connectivity index (χ3n) is 2.98. The number of hydrogen-bond acceptors (Lipinski definition) is 2. The molecular formula is C15H15F2NO. The molecular weight excluding hydrogens is 248 g/mol. The number of halogens is 2. The first-order valence-corrected chi connectivity index (χ1v) is 6.02. The quantitative estimate of drug-likeness (QED) is 0.831. The normalized spacial score (nSPS) is 12.3. The van der Waals surface area contributed by atoms with Gasteiger partial charge in [-0.25, -0.2) is 13.8 Å². The number of aryl methyl sites for hydroxylation is 2. The molecule has 1 heterocycles. The first-order valence-electron chi connectivity index (χ1n) is 6.02. The minimum Gasteiger partial charge on any atom is -0.470 e. The molecule has 1 unspecified atom stereocenters. The van der Waals surface area contributed by atoms with E-state index in [0.29, 0.717) is 11.4 Å². The lowest BCUT2D eigenvalue weighted by atomic mass is 10.1. The topological polar surface area (TPSA) is 22.1 Å². The summed E-state index contributed by atoms with van der Waals surface area (Å²) < 4.78 is 31.9. The van der Waals surface area contributed by atoms with Crippen molar-refractivity contribution < 1.29 is 13.5 Å². The predicted octanol–water partition coefficient (Wildman–Crippen LogP) is 4.12. The van der Waals surface area contributed by atoms with E-state index in [1.165, 1.54) is 12.1 Å². The number of ether oxygens (including phenoxy) is 1. The van der Waals surface area contributed by atoms with Gasteiger partial charge in [0.15, 0.2) is 0 Å². The number of hydrogen-bond donors (Lipinski definition) is 0. The SMILES string of the molecule is Cc1ccc(OC(C)c2cc(F)cc(F)c2)nc1C. The molecule has 0 saturated carbocycles. The van der Waals surface area contributed by atoms with E-state index in [-0.39, 0.29) is 0 Å². The Labute approximate surface area is 111 Å². The van der Waals surface area contributed by atoms with Gasteiger partial charge < -0.3 is 4.74 Å². The van der Waals surface area contributed by atoms with E-state index in [4.69, 9.17) is 4.74 Å². The van der Waals surface area contributed by atoms with Gasteiger partial charge in [0, 0.05) is 17.8 Å². The number of aromatic nitrogens is 1. The molecule has 0 amide bonds. The Kier molecular flexibility index (Phi) is 3.79. The number of benzene rings is 1. The van der Waals surface area contributed by atoms with Gasteiger partial charge in [0.25, 0.3) is 0 Å². The Balaban J connectivity index is 2.20. The second-order valence-corrected chi connectivity index (χ2v) is 4.51. The summed E-state index contributed by atoms with van der Waals surface area (Å²) in [6, 6.07) is 7.00. The van der Waals surface area contributed by atoms with Gasteiger partial charge in [0.05, 0.1) is 0 Å². The summed E-state index contributed by atoms with van der Waals surface area (Å²) in [7, 11) is 0. The molecule has 0 aliphatic rings. The molecule has 2 aromatic rings. The van der Waals surface area contributed by atoms with Crippen LogP contribution in [0.25, 0.3) is 0 Å². The summed E-state index contributed by atoms with van der Waals surface area (Å²) in [5.41, 5.74) is 2.38. The third-order valence-corrected chi connectivity index (χ3v) is 2.98. The van der Waals surface area contributed by atoms with Gasteiger partial charge in [-0.3, -0.25) is 0 Å². The number of rotatable bonds is 3. The lowest BCUT2D eigenvalue weighted by Gasteiger charge is -2.15. The smallest absolute Gasteiger partial charge is 0.214 e. The van der Waals surface area contributed by atoms with Crippen molar-refractivity contribution in [3.63, 3.8) is 0 Å². The van der Waals surface area contributed by atoms with Crippen LogP contribution in [0.4, 0.5) is 8.78 Å². The highest BCUT2D eigenvalue weighted by Crippen LogP contribution is 2.22. The molecule has 0 aliphatic carbocycles. The summed E-state index contributed by atoms with van der Waals surface area (Å²) in [5, 5.41) is 0. The summed E-state index contributed by atoms with van der Waals surface area (Å²) in [6.45, 7) is 5.57. The van der Waals surface area contributed by atoms with E-state index in [9.17, 15) is 8.78 Å². The average molecular weight is 263 g/mol. The maximum absolute atomic E-state index is 13.1. The van der Waals surface area contributed by atoms with E-state index >= 15 is 0 Å². The molecule has 0 aliphatic heterocycles. The van der Waals surface area contributed by atoms with Gasteiger partial charge in [-0.2, -0.15) is 0 Å². The monoisotopic (exact) mass is 263 g/mol. The van der Waals surface area contributed by atoms with E-state index < -0.39 is 17.7 Å². The minimum absolute atomic E-state index is 0.442.